The Morgan fingerprint density at radius 1 is 0.537 bits per heavy atom. The highest BCUT2D eigenvalue weighted by molar-refractivity contribution is 7.98. The van der Waals surface area contributed by atoms with E-state index in [2.05, 4.69) is 47.5 Å². The van der Waals surface area contributed by atoms with Crippen LogP contribution in [0.1, 0.15) is 121 Å². The first-order valence-corrected chi connectivity index (χ1v) is 33.6. The van der Waals surface area contributed by atoms with E-state index < -0.39 is 169 Å². The van der Waals surface area contributed by atoms with Gasteiger partial charge in [0.15, 0.2) is 5.96 Å². The molecular weight excluding hydrogens is 1250 g/mol. The molecule has 524 valence electrons. The zero-order valence-corrected chi connectivity index (χ0v) is 55.3. The van der Waals surface area contributed by atoms with Crippen molar-refractivity contribution in [3.8, 4) is 0 Å². The Balaban J connectivity index is 1.56. The number of carbonyl (C=O) groups excluding carboxylic acids is 13. The van der Waals surface area contributed by atoms with Crippen LogP contribution in [0.5, 0.6) is 0 Å². The van der Waals surface area contributed by atoms with Crippen molar-refractivity contribution in [2.24, 2.45) is 51.0 Å². The van der Waals surface area contributed by atoms with Gasteiger partial charge in [-0.3, -0.25) is 67.3 Å². The number of nitrogens with one attached hydrogen (secondary N) is 8. The highest BCUT2D eigenvalue weighted by Crippen LogP contribution is 2.24. The molecule has 2 heterocycles. The number of hydrogen-bond acceptors (Lipinski definition) is 17. The second kappa shape index (κ2) is 41.0. The number of carbonyl (C=O) groups is 13. The number of rotatable bonds is 42. The van der Waals surface area contributed by atoms with Crippen LogP contribution in [0.4, 0.5) is 0 Å². The van der Waals surface area contributed by atoms with Crippen LogP contribution in [0.2, 0.25) is 0 Å². The van der Waals surface area contributed by atoms with E-state index in [4.69, 9.17) is 40.1 Å². The number of nitrogens with two attached hydrogens (primary N) is 7. The van der Waals surface area contributed by atoms with Crippen LogP contribution in [0, 0.1) is 5.92 Å². The summed E-state index contributed by atoms with van der Waals surface area (Å²) >= 11 is 1.45. The van der Waals surface area contributed by atoms with Crippen LogP contribution in [0.25, 0.3) is 0 Å². The van der Waals surface area contributed by atoms with Gasteiger partial charge in [-0.05, 0) is 119 Å². The van der Waals surface area contributed by atoms with Gasteiger partial charge in [-0.2, -0.15) is 11.8 Å². The van der Waals surface area contributed by atoms with Gasteiger partial charge in [0.2, 0.25) is 76.8 Å². The van der Waals surface area contributed by atoms with E-state index in [1.54, 1.807) is 60.7 Å². The van der Waals surface area contributed by atoms with Crippen molar-refractivity contribution in [2.45, 2.75) is 183 Å². The van der Waals surface area contributed by atoms with Crippen molar-refractivity contribution >= 4 is 94.5 Å². The number of benzene rings is 2. The van der Waals surface area contributed by atoms with Gasteiger partial charge >= 0.3 is 0 Å². The Kier molecular flexibility index (Phi) is 33.9. The third-order valence-electron chi connectivity index (χ3n) is 16.0. The molecule has 2 fully saturated rings. The predicted molar refractivity (Wildman–Crippen MR) is 356 cm³/mol. The van der Waals surface area contributed by atoms with E-state index in [1.165, 1.54) is 21.6 Å². The molecule has 2 saturated heterocycles. The van der Waals surface area contributed by atoms with Gasteiger partial charge in [0.25, 0.3) is 0 Å². The number of thioether (sulfide) groups is 1. The largest absolute Gasteiger partial charge is 0.370 e. The van der Waals surface area contributed by atoms with Crippen molar-refractivity contribution in [3.05, 3.63) is 71.8 Å². The van der Waals surface area contributed by atoms with E-state index >= 15 is 0 Å². The molecule has 4 rings (SSSR count). The number of primary amides is 3. The van der Waals surface area contributed by atoms with Crippen LogP contribution in [-0.2, 0) is 75.2 Å². The Hall–Kier alpha value is -8.91. The number of nitrogens with zero attached hydrogens (tertiary/aromatic N) is 3. The zero-order valence-electron chi connectivity index (χ0n) is 54.5. The molecular formula is C63H98N18O13S. The van der Waals surface area contributed by atoms with Crippen molar-refractivity contribution in [2.75, 3.05) is 44.7 Å². The van der Waals surface area contributed by atoms with Gasteiger partial charge in [-0.25, -0.2) is 0 Å². The summed E-state index contributed by atoms with van der Waals surface area (Å²) in [7, 11) is 0. The zero-order chi connectivity index (χ0) is 70.1. The second-order valence-corrected chi connectivity index (χ2v) is 25.1. The average Bonchev–Trinajstić information content (AvgIpc) is 1.74. The normalized spacial score (nSPS) is 16.8. The minimum absolute atomic E-state index is 0.0736. The summed E-state index contributed by atoms with van der Waals surface area (Å²) in [5, 5.41) is 21.1. The fourth-order valence-corrected chi connectivity index (χ4v) is 11.5. The van der Waals surface area contributed by atoms with Crippen molar-refractivity contribution in [1.29, 1.82) is 0 Å². The first-order chi connectivity index (χ1) is 45.2. The molecule has 2 aliphatic heterocycles. The molecule has 22 N–H and O–H groups in total. The molecule has 31 nitrogen and oxygen atoms in total. The number of likely N-dealkylation sites (tertiary alicyclic amines) is 2. The van der Waals surface area contributed by atoms with Crippen molar-refractivity contribution in [3.63, 3.8) is 0 Å². The molecule has 95 heavy (non-hydrogen) atoms. The molecule has 0 unspecified atom stereocenters. The van der Waals surface area contributed by atoms with E-state index in [-0.39, 0.29) is 83.0 Å². The van der Waals surface area contributed by atoms with Crippen LogP contribution < -0.4 is 82.7 Å². The fraction of sp³-hybridized carbons (Fsp3) is 0.587. The van der Waals surface area contributed by atoms with E-state index in [1.807, 2.05) is 20.1 Å². The third kappa shape index (κ3) is 27.5. The minimum atomic E-state index is -1.64. The van der Waals surface area contributed by atoms with Gasteiger partial charge in [-0.15, -0.1) is 0 Å². The predicted octanol–water partition coefficient (Wildman–Crippen LogP) is -3.71. The third-order valence-corrected chi connectivity index (χ3v) is 16.7. The molecule has 2 aromatic rings. The standard InChI is InChI=1S/C63H98N18O13S/c1-37(2)33-45(57(89)74-41(53(68)85)27-32-95-3)73-52(84)36-72-54(86)46(34-38-15-6-4-7-16-38)78-58(90)47(35-39-17-8-5-9-18-39)79-56(88)42(23-25-50(66)82)75-55(87)43(24-26-51(67)83)76-59(91)49-22-14-31-81(49)62(94)44(20-10-11-28-64)77-60(92)48-21-13-30-80(48)61(93)40(65)19-12-29-71-63(69)70/h4-9,15-18,37,40-49H,10-14,19-36,64-65H2,1-3H3,(H2,66,82)(H2,67,83)(H2,68,85)(H,72,86)(H,73,84)(H,74,89)(H,75,87)(H,76,91)(H,77,92)(H,78,90)(H,79,88)(H4,69,70,71)/t40-,41-,42+,43-,44-,45+,46-,47-,48+,49-/m0/s1. The van der Waals surface area contributed by atoms with E-state index in [0.717, 1.165) is 0 Å². The molecule has 2 aromatic carbocycles. The number of hydrogen-bond donors (Lipinski definition) is 15. The molecule has 10 atom stereocenters. The highest BCUT2D eigenvalue weighted by atomic mass is 32.2. The van der Waals surface area contributed by atoms with Gasteiger partial charge in [-0.1, -0.05) is 74.5 Å². The summed E-state index contributed by atoms with van der Waals surface area (Å²) in [4.78, 5) is 185. The second-order valence-electron chi connectivity index (χ2n) is 24.1. The first-order valence-electron chi connectivity index (χ1n) is 32.2. The van der Waals surface area contributed by atoms with Crippen LogP contribution in [-0.4, -0.2) is 198 Å². The molecule has 0 aromatic heterocycles. The smallest absolute Gasteiger partial charge is 0.245 e. The lowest BCUT2D eigenvalue weighted by atomic mass is 10.0. The number of unbranched alkanes of at least 4 members (excludes halogenated alkanes) is 1. The lowest BCUT2D eigenvalue weighted by Crippen LogP contribution is -2.60. The fourth-order valence-electron chi connectivity index (χ4n) is 11.0. The molecule has 13 amide bonds. The number of amides is 13. The van der Waals surface area contributed by atoms with Gasteiger partial charge in [0.1, 0.15) is 54.4 Å². The number of aliphatic imine (C=N–C) groups is 1. The highest BCUT2D eigenvalue weighted by Gasteiger charge is 2.42. The molecule has 0 radical (unpaired) electrons. The maximum atomic E-state index is 14.7. The molecule has 0 saturated carbocycles. The monoisotopic (exact) mass is 1350 g/mol. The van der Waals surface area contributed by atoms with Crippen molar-refractivity contribution < 1.29 is 62.3 Å². The van der Waals surface area contributed by atoms with Gasteiger partial charge in [0.05, 0.1) is 12.6 Å². The summed E-state index contributed by atoms with van der Waals surface area (Å²) in [5.41, 5.74) is 40.6. The first kappa shape index (κ1) is 78.5. The van der Waals surface area contributed by atoms with Gasteiger partial charge < -0.3 is 92.5 Å². The topological polar surface area (TPSA) is 519 Å². The summed E-state index contributed by atoms with van der Waals surface area (Å²) in [6.07, 6.45) is 3.12. The Labute approximate surface area is 558 Å². The van der Waals surface area contributed by atoms with Crippen LogP contribution >= 0.6 is 11.8 Å². The maximum Gasteiger partial charge on any atom is 0.245 e. The quantitative estimate of drug-likeness (QED) is 0.0173. The SMILES string of the molecule is CSCC[C@H](NC(=O)[C@@H](CC(C)C)NC(=O)CNC(=O)[C@H](Cc1ccccc1)NC(=O)[C@H](Cc1ccccc1)NC(=O)[C@@H](CCC(N)=O)NC(=O)[C@H](CCC(N)=O)NC(=O)[C@@H]1CCCN1C(=O)[C@H](CCCCN)NC(=O)[C@H]1CCCN1C(=O)[C@@H](N)CCCN=C(N)N)C(N)=O. The van der Waals surface area contributed by atoms with Crippen molar-refractivity contribution in [1.82, 2.24) is 52.3 Å². The molecule has 32 heteroatoms. The summed E-state index contributed by atoms with van der Waals surface area (Å²) in [6.45, 7) is 3.86. The molecule has 0 bridgehead atoms. The average molecular weight is 1350 g/mol. The summed E-state index contributed by atoms with van der Waals surface area (Å²) < 4.78 is 0. The van der Waals surface area contributed by atoms with Crippen LogP contribution in [0.15, 0.2) is 65.7 Å². The number of guanidine groups is 1. The van der Waals surface area contributed by atoms with E-state index in [0.29, 0.717) is 55.4 Å². The Morgan fingerprint density at radius 3 is 1.51 bits per heavy atom. The van der Waals surface area contributed by atoms with E-state index in [9.17, 15) is 62.3 Å². The Bertz CT molecular complexity index is 2960. The lowest BCUT2D eigenvalue weighted by molar-refractivity contribution is -0.144. The van der Waals surface area contributed by atoms with Gasteiger partial charge in [0, 0.05) is 45.3 Å². The lowest BCUT2D eigenvalue weighted by Gasteiger charge is -2.32. The summed E-state index contributed by atoms with van der Waals surface area (Å²) in [5.74, 6) is -9.80. The molecule has 2 aliphatic rings. The molecule has 0 aliphatic carbocycles. The Morgan fingerprint density at radius 2 is 1.01 bits per heavy atom. The van der Waals surface area contributed by atoms with Crippen LogP contribution in [0.3, 0.4) is 0 Å². The minimum Gasteiger partial charge on any atom is -0.370 e. The molecule has 0 spiro atoms. The summed E-state index contributed by atoms with van der Waals surface area (Å²) in [6, 6.07) is 4.51. The maximum absolute atomic E-state index is 14.7.